The van der Waals surface area contributed by atoms with Gasteiger partial charge in [-0.2, -0.15) is 4.37 Å². The number of aromatic nitrogens is 2. The van der Waals surface area contributed by atoms with Crippen molar-refractivity contribution in [3.8, 4) is 5.75 Å². The third-order valence-corrected chi connectivity index (χ3v) is 6.17. The highest BCUT2D eigenvalue weighted by Gasteiger charge is 2.23. The minimum Gasteiger partial charge on any atom is -0.497 e. The molecule has 0 bridgehead atoms. The molecule has 0 aliphatic carbocycles. The van der Waals surface area contributed by atoms with Crippen LogP contribution < -0.4 is 9.64 Å². The number of ether oxygens (including phenoxy) is 1. The van der Waals surface area contributed by atoms with Crippen molar-refractivity contribution in [3.05, 3.63) is 71.0 Å². The summed E-state index contributed by atoms with van der Waals surface area (Å²) in [7, 11) is 1.64. The third-order valence-electron chi connectivity index (χ3n) is 5.36. The zero-order valence-electron chi connectivity index (χ0n) is 17.4. The first-order valence-corrected chi connectivity index (χ1v) is 10.9. The number of methoxy groups -OCH3 is 1. The van der Waals surface area contributed by atoms with Crippen LogP contribution in [0.1, 0.15) is 22.5 Å². The Morgan fingerprint density at radius 3 is 2.33 bits per heavy atom. The van der Waals surface area contributed by atoms with E-state index in [9.17, 15) is 4.79 Å². The Bertz CT molecular complexity index is 977. The minimum atomic E-state index is 0.164. The van der Waals surface area contributed by atoms with Crippen molar-refractivity contribution in [2.75, 3.05) is 38.2 Å². The van der Waals surface area contributed by atoms with Gasteiger partial charge in [-0.05, 0) is 30.2 Å². The fourth-order valence-corrected chi connectivity index (χ4v) is 4.25. The van der Waals surface area contributed by atoms with Gasteiger partial charge in [0.25, 0.3) is 0 Å². The van der Waals surface area contributed by atoms with E-state index in [0.717, 1.165) is 41.8 Å². The van der Waals surface area contributed by atoms with Crippen LogP contribution in [-0.4, -0.2) is 53.5 Å². The number of anilines is 1. The normalized spacial score (nSPS) is 14.1. The summed E-state index contributed by atoms with van der Waals surface area (Å²) in [6, 6.07) is 16.2. The number of carbonyl (C=O) groups is 1. The van der Waals surface area contributed by atoms with E-state index in [1.54, 1.807) is 7.11 Å². The lowest BCUT2D eigenvalue weighted by molar-refractivity contribution is -0.130. The highest BCUT2D eigenvalue weighted by atomic mass is 32.1. The van der Waals surface area contributed by atoms with E-state index < -0.39 is 0 Å². The Morgan fingerprint density at radius 1 is 1.00 bits per heavy atom. The average Bonchev–Trinajstić information content (AvgIpc) is 3.24. The summed E-state index contributed by atoms with van der Waals surface area (Å²) in [5.74, 6) is 1.83. The number of amides is 1. The second kappa shape index (κ2) is 9.26. The molecule has 1 fully saturated rings. The first-order chi connectivity index (χ1) is 14.6. The van der Waals surface area contributed by atoms with Gasteiger partial charge >= 0.3 is 0 Å². The fourth-order valence-electron chi connectivity index (χ4n) is 3.51. The molecule has 0 unspecified atom stereocenters. The highest BCUT2D eigenvalue weighted by Crippen LogP contribution is 2.21. The van der Waals surface area contributed by atoms with Crippen LogP contribution in [0.2, 0.25) is 0 Å². The molecule has 30 heavy (non-hydrogen) atoms. The Balaban J connectivity index is 1.29. The minimum absolute atomic E-state index is 0.164. The monoisotopic (exact) mass is 422 g/mol. The van der Waals surface area contributed by atoms with Crippen molar-refractivity contribution in [2.24, 2.45) is 0 Å². The molecular formula is C23H26N4O2S. The van der Waals surface area contributed by atoms with E-state index >= 15 is 0 Å². The number of benzene rings is 2. The second-order valence-electron chi connectivity index (χ2n) is 7.55. The Labute approximate surface area is 181 Å². The van der Waals surface area contributed by atoms with Crippen molar-refractivity contribution < 1.29 is 9.53 Å². The quantitative estimate of drug-likeness (QED) is 0.610. The smallest absolute Gasteiger partial charge is 0.227 e. The van der Waals surface area contributed by atoms with E-state index in [-0.39, 0.29) is 5.91 Å². The maximum absolute atomic E-state index is 12.6. The van der Waals surface area contributed by atoms with Crippen LogP contribution in [0, 0.1) is 6.92 Å². The van der Waals surface area contributed by atoms with Gasteiger partial charge in [0.1, 0.15) is 11.6 Å². The van der Waals surface area contributed by atoms with Crippen LogP contribution in [0.15, 0.2) is 48.5 Å². The third kappa shape index (κ3) is 4.97. The molecule has 6 nitrogen and oxygen atoms in total. The predicted molar refractivity (Wildman–Crippen MR) is 119 cm³/mol. The van der Waals surface area contributed by atoms with Gasteiger partial charge in [0.2, 0.25) is 11.0 Å². The number of piperazine rings is 1. The second-order valence-corrected chi connectivity index (χ2v) is 8.28. The van der Waals surface area contributed by atoms with Crippen LogP contribution in [0.5, 0.6) is 5.75 Å². The molecule has 156 valence electrons. The Hall–Kier alpha value is -2.93. The topological polar surface area (TPSA) is 58.6 Å². The Kier molecular flexibility index (Phi) is 6.28. The van der Waals surface area contributed by atoms with Crippen LogP contribution in [-0.2, 0) is 17.6 Å². The van der Waals surface area contributed by atoms with Crippen molar-refractivity contribution in [2.45, 2.75) is 19.8 Å². The maximum atomic E-state index is 12.6. The molecule has 1 aliphatic rings. The summed E-state index contributed by atoms with van der Waals surface area (Å²) in [4.78, 5) is 21.5. The van der Waals surface area contributed by atoms with Gasteiger partial charge in [-0.15, -0.1) is 0 Å². The summed E-state index contributed by atoms with van der Waals surface area (Å²) < 4.78 is 9.70. The van der Waals surface area contributed by atoms with E-state index in [4.69, 9.17) is 9.72 Å². The van der Waals surface area contributed by atoms with Gasteiger partial charge in [0.05, 0.1) is 13.5 Å². The SMILES string of the molecule is COc1ccc(CC(=O)N2CCN(c3nc(Cc4ccc(C)cc4)ns3)CC2)cc1. The molecule has 1 amide bonds. The van der Waals surface area contributed by atoms with E-state index in [0.29, 0.717) is 19.5 Å². The number of nitrogens with zero attached hydrogens (tertiary/aromatic N) is 4. The molecule has 1 aliphatic heterocycles. The zero-order valence-corrected chi connectivity index (χ0v) is 18.2. The van der Waals surface area contributed by atoms with Gasteiger partial charge < -0.3 is 14.5 Å². The van der Waals surface area contributed by atoms with Crippen LogP contribution in [0.4, 0.5) is 5.13 Å². The summed E-state index contributed by atoms with van der Waals surface area (Å²) in [6.07, 6.45) is 1.17. The van der Waals surface area contributed by atoms with Gasteiger partial charge in [-0.25, -0.2) is 4.98 Å². The van der Waals surface area contributed by atoms with Gasteiger partial charge in [-0.3, -0.25) is 4.79 Å². The number of hydrogen-bond acceptors (Lipinski definition) is 6. The fraction of sp³-hybridized carbons (Fsp3) is 0.348. The lowest BCUT2D eigenvalue weighted by Gasteiger charge is -2.34. The molecule has 0 atom stereocenters. The van der Waals surface area contributed by atoms with E-state index in [1.165, 1.54) is 22.7 Å². The van der Waals surface area contributed by atoms with Gasteiger partial charge in [0.15, 0.2) is 0 Å². The Morgan fingerprint density at radius 2 is 1.67 bits per heavy atom. The molecule has 1 saturated heterocycles. The summed E-state index contributed by atoms with van der Waals surface area (Å²) in [6.45, 7) is 5.08. The van der Waals surface area contributed by atoms with Gasteiger partial charge in [-0.1, -0.05) is 42.0 Å². The molecule has 1 aromatic heterocycles. The van der Waals surface area contributed by atoms with Crippen LogP contribution in [0.25, 0.3) is 0 Å². The molecule has 0 N–H and O–H groups in total. The highest BCUT2D eigenvalue weighted by molar-refractivity contribution is 7.09. The lowest BCUT2D eigenvalue weighted by atomic mass is 10.1. The van der Waals surface area contributed by atoms with E-state index in [1.807, 2.05) is 29.2 Å². The molecule has 2 heterocycles. The first-order valence-electron chi connectivity index (χ1n) is 10.1. The van der Waals surface area contributed by atoms with Crippen molar-refractivity contribution in [1.29, 1.82) is 0 Å². The first kappa shape index (κ1) is 20.3. The summed E-state index contributed by atoms with van der Waals surface area (Å²) >= 11 is 1.44. The number of rotatable bonds is 6. The summed E-state index contributed by atoms with van der Waals surface area (Å²) in [5, 5.41) is 0.944. The molecule has 0 radical (unpaired) electrons. The van der Waals surface area contributed by atoms with Crippen molar-refractivity contribution in [1.82, 2.24) is 14.3 Å². The number of aryl methyl sites for hydroxylation is 1. The molecule has 2 aromatic carbocycles. The molecule has 3 aromatic rings. The van der Waals surface area contributed by atoms with Crippen molar-refractivity contribution in [3.63, 3.8) is 0 Å². The molecule has 4 rings (SSSR count). The molecule has 0 spiro atoms. The van der Waals surface area contributed by atoms with Crippen LogP contribution >= 0.6 is 11.5 Å². The van der Waals surface area contributed by atoms with E-state index in [2.05, 4.69) is 40.5 Å². The maximum Gasteiger partial charge on any atom is 0.227 e. The number of hydrogen-bond donors (Lipinski definition) is 0. The average molecular weight is 423 g/mol. The number of carbonyl (C=O) groups excluding carboxylic acids is 1. The predicted octanol–water partition coefficient (Wildman–Crippen LogP) is 3.34. The summed E-state index contributed by atoms with van der Waals surface area (Å²) in [5.41, 5.74) is 3.48. The largest absolute Gasteiger partial charge is 0.497 e. The van der Waals surface area contributed by atoms with Crippen molar-refractivity contribution >= 4 is 22.6 Å². The zero-order chi connectivity index (χ0) is 20.9. The molecule has 0 saturated carbocycles. The van der Waals surface area contributed by atoms with Gasteiger partial charge in [0, 0.05) is 44.1 Å². The van der Waals surface area contributed by atoms with Crippen LogP contribution in [0.3, 0.4) is 0 Å². The molecule has 7 heteroatoms. The lowest BCUT2D eigenvalue weighted by Crippen LogP contribution is -2.49. The standard InChI is InChI=1S/C23H26N4O2S/c1-17-3-5-18(6-4-17)15-21-24-23(30-25-21)27-13-11-26(12-14-27)22(28)16-19-7-9-20(29-2)10-8-19/h3-10H,11-16H2,1-2H3. The molecular weight excluding hydrogens is 396 g/mol.